The SMILES string of the molecule is CC(C)(O)c1ncc(-c2cc(C3CCCO3)c3nc[nH]c3c2)cn1. The molecule has 1 fully saturated rings. The lowest BCUT2D eigenvalue weighted by Crippen LogP contribution is -2.19. The molecule has 3 heterocycles. The standard InChI is InChI=1S/C18H20N4O2/c1-18(2,23)17-19-8-12(9-20-17)11-6-13(15-4-3-5-24-15)16-14(7-11)21-10-22-16/h6-10,15,23H,3-5H2,1-2H3,(H,21,22). The molecule has 6 heteroatoms. The topological polar surface area (TPSA) is 83.9 Å². The van der Waals surface area contributed by atoms with Crippen LogP contribution in [-0.4, -0.2) is 31.6 Å². The molecule has 0 aliphatic carbocycles. The van der Waals surface area contributed by atoms with Crippen LogP contribution in [0.2, 0.25) is 0 Å². The minimum absolute atomic E-state index is 0.0901. The fraction of sp³-hybridized carbons (Fsp3) is 0.389. The molecular weight excluding hydrogens is 304 g/mol. The first-order chi connectivity index (χ1) is 11.5. The van der Waals surface area contributed by atoms with E-state index in [1.807, 2.05) is 6.07 Å². The Balaban J connectivity index is 1.79. The molecule has 1 aromatic carbocycles. The number of hydrogen-bond donors (Lipinski definition) is 2. The van der Waals surface area contributed by atoms with Crippen molar-refractivity contribution in [3.8, 4) is 11.1 Å². The van der Waals surface area contributed by atoms with E-state index >= 15 is 0 Å². The van der Waals surface area contributed by atoms with Crippen LogP contribution in [0.5, 0.6) is 0 Å². The van der Waals surface area contributed by atoms with Crippen molar-refractivity contribution in [3.63, 3.8) is 0 Å². The van der Waals surface area contributed by atoms with Gasteiger partial charge in [-0.25, -0.2) is 15.0 Å². The van der Waals surface area contributed by atoms with E-state index in [1.165, 1.54) is 0 Å². The molecule has 24 heavy (non-hydrogen) atoms. The number of rotatable bonds is 3. The average molecular weight is 324 g/mol. The Bertz CT molecular complexity index is 859. The molecule has 2 N–H and O–H groups in total. The fourth-order valence-corrected chi connectivity index (χ4v) is 3.11. The molecule has 124 valence electrons. The van der Waals surface area contributed by atoms with Gasteiger partial charge in [-0.05, 0) is 44.4 Å². The molecule has 1 atom stereocenters. The van der Waals surface area contributed by atoms with Crippen molar-refractivity contribution in [3.05, 3.63) is 42.2 Å². The van der Waals surface area contributed by atoms with Gasteiger partial charge >= 0.3 is 0 Å². The van der Waals surface area contributed by atoms with Gasteiger partial charge in [-0.3, -0.25) is 0 Å². The van der Waals surface area contributed by atoms with E-state index in [0.717, 1.165) is 47.2 Å². The van der Waals surface area contributed by atoms with E-state index in [1.54, 1.807) is 32.6 Å². The largest absolute Gasteiger partial charge is 0.382 e. The van der Waals surface area contributed by atoms with Crippen molar-refractivity contribution in [2.45, 2.75) is 38.4 Å². The van der Waals surface area contributed by atoms with Crippen LogP contribution in [0.4, 0.5) is 0 Å². The summed E-state index contributed by atoms with van der Waals surface area (Å²) in [5.74, 6) is 0.410. The summed E-state index contributed by atoms with van der Waals surface area (Å²) in [6.45, 7) is 4.15. The van der Waals surface area contributed by atoms with Gasteiger partial charge in [0, 0.05) is 30.1 Å². The number of imidazole rings is 1. The van der Waals surface area contributed by atoms with E-state index in [9.17, 15) is 5.11 Å². The third kappa shape index (κ3) is 2.68. The lowest BCUT2D eigenvalue weighted by atomic mass is 9.99. The molecule has 4 rings (SSSR count). The number of fused-ring (bicyclic) bond motifs is 1. The minimum Gasteiger partial charge on any atom is -0.382 e. The van der Waals surface area contributed by atoms with E-state index in [4.69, 9.17) is 4.74 Å². The molecule has 3 aromatic rings. The first-order valence-electron chi connectivity index (χ1n) is 8.16. The summed E-state index contributed by atoms with van der Waals surface area (Å²) in [4.78, 5) is 16.2. The summed E-state index contributed by atoms with van der Waals surface area (Å²) < 4.78 is 5.85. The highest BCUT2D eigenvalue weighted by Gasteiger charge is 2.23. The lowest BCUT2D eigenvalue weighted by Gasteiger charge is -2.16. The first-order valence-corrected chi connectivity index (χ1v) is 8.16. The second kappa shape index (κ2) is 5.65. The number of aliphatic hydroxyl groups is 1. The molecule has 1 unspecified atom stereocenters. The molecule has 0 spiro atoms. The summed E-state index contributed by atoms with van der Waals surface area (Å²) >= 11 is 0. The average Bonchev–Trinajstić information content (AvgIpc) is 3.24. The van der Waals surface area contributed by atoms with Crippen LogP contribution in [-0.2, 0) is 10.3 Å². The number of aromatic nitrogens is 4. The van der Waals surface area contributed by atoms with Gasteiger partial charge in [-0.2, -0.15) is 0 Å². The minimum atomic E-state index is -1.05. The second-order valence-corrected chi connectivity index (χ2v) is 6.72. The summed E-state index contributed by atoms with van der Waals surface area (Å²) in [6, 6.07) is 4.16. The van der Waals surface area contributed by atoms with Crippen molar-refractivity contribution in [2.24, 2.45) is 0 Å². The van der Waals surface area contributed by atoms with E-state index < -0.39 is 5.60 Å². The van der Waals surface area contributed by atoms with Gasteiger partial charge < -0.3 is 14.8 Å². The van der Waals surface area contributed by atoms with Crippen LogP contribution in [0, 0.1) is 0 Å². The summed E-state index contributed by atoms with van der Waals surface area (Å²) in [6.07, 6.45) is 7.38. The van der Waals surface area contributed by atoms with Crippen LogP contribution >= 0.6 is 0 Å². The number of ether oxygens (including phenoxy) is 1. The third-order valence-electron chi connectivity index (χ3n) is 4.36. The van der Waals surface area contributed by atoms with Crippen LogP contribution in [0.15, 0.2) is 30.9 Å². The van der Waals surface area contributed by atoms with Crippen LogP contribution in [0.1, 0.15) is 44.2 Å². The quantitative estimate of drug-likeness (QED) is 0.773. The molecule has 0 bridgehead atoms. The summed E-state index contributed by atoms with van der Waals surface area (Å²) in [5, 5.41) is 10.00. The van der Waals surface area contributed by atoms with Gasteiger partial charge in [0.05, 0.1) is 23.5 Å². The van der Waals surface area contributed by atoms with Gasteiger partial charge in [0.2, 0.25) is 0 Å². The Morgan fingerprint density at radius 1 is 1.17 bits per heavy atom. The molecule has 0 saturated carbocycles. The van der Waals surface area contributed by atoms with Crippen molar-refractivity contribution in [1.82, 2.24) is 19.9 Å². The number of H-pyrrole nitrogens is 1. The molecule has 0 radical (unpaired) electrons. The van der Waals surface area contributed by atoms with Crippen molar-refractivity contribution in [1.29, 1.82) is 0 Å². The number of nitrogens with zero attached hydrogens (tertiary/aromatic N) is 3. The maximum absolute atomic E-state index is 10.00. The van der Waals surface area contributed by atoms with Crippen molar-refractivity contribution < 1.29 is 9.84 Å². The predicted octanol–water partition coefficient (Wildman–Crippen LogP) is 3.10. The van der Waals surface area contributed by atoms with Crippen molar-refractivity contribution >= 4 is 11.0 Å². The highest BCUT2D eigenvalue weighted by Crippen LogP contribution is 2.35. The zero-order valence-electron chi connectivity index (χ0n) is 13.8. The number of nitrogens with one attached hydrogen (secondary N) is 1. The Kier molecular flexibility index (Phi) is 3.58. The van der Waals surface area contributed by atoms with Gasteiger partial charge in [-0.15, -0.1) is 0 Å². The summed E-state index contributed by atoms with van der Waals surface area (Å²) in [7, 11) is 0. The number of hydrogen-bond acceptors (Lipinski definition) is 5. The zero-order chi connectivity index (χ0) is 16.7. The zero-order valence-corrected chi connectivity index (χ0v) is 13.8. The van der Waals surface area contributed by atoms with E-state index in [2.05, 4.69) is 26.0 Å². The molecule has 6 nitrogen and oxygen atoms in total. The fourth-order valence-electron chi connectivity index (χ4n) is 3.11. The van der Waals surface area contributed by atoms with Gasteiger partial charge in [-0.1, -0.05) is 0 Å². The second-order valence-electron chi connectivity index (χ2n) is 6.72. The maximum Gasteiger partial charge on any atom is 0.159 e. The molecule has 1 aliphatic rings. The number of benzene rings is 1. The third-order valence-corrected chi connectivity index (χ3v) is 4.36. The van der Waals surface area contributed by atoms with E-state index in [-0.39, 0.29) is 6.10 Å². The maximum atomic E-state index is 10.00. The van der Waals surface area contributed by atoms with Crippen molar-refractivity contribution in [2.75, 3.05) is 6.61 Å². The van der Waals surface area contributed by atoms with Crippen LogP contribution in [0.25, 0.3) is 22.2 Å². The Labute approximate surface area is 139 Å². The Hall–Kier alpha value is -2.31. The molecule has 0 amide bonds. The first kappa shape index (κ1) is 15.2. The molecular formula is C18H20N4O2. The van der Waals surface area contributed by atoms with Gasteiger partial charge in [0.25, 0.3) is 0 Å². The highest BCUT2D eigenvalue weighted by molar-refractivity contribution is 5.85. The lowest BCUT2D eigenvalue weighted by molar-refractivity contribution is 0.0687. The summed E-state index contributed by atoms with van der Waals surface area (Å²) in [5.41, 5.74) is 3.91. The van der Waals surface area contributed by atoms with Gasteiger partial charge in [0.1, 0.15) is 5.60 Å². The van der Waals surface area contributed by atoms with E-state index in [0.29, 0.717) is 5.82 Å². The normalized spacial score (nSPS) is 18.4. The Morgan fingerprint density at radius 3 is 2.62 bits per heavy atom. The smallest absolute Gasteiger partial charge is 0.159 e. The van der Waals surface area contributed by atoms with Gasteiger partial charge in [0.15, 0.2) is 5.82 Å². The monoisotopic (exact) mass is 324 g/mol. The molecule has 2 aromatic heterocycles. The number of aromatic amines is 1. The van der Waals surface area contributed by atoms with Crippen LogP contribution in [0.3, 0.4) is 0 Å². The highest BCUT2D eigenvalue weighted by atomic mass is 16.5. The molecule has 1 aliphatic heterocycles. The Morgan fingerprint density at radius 2 is 1.96 bits per heavy atom. The van der Waals surface area contributed by atoms with Crippen LogP contribution < -0.4 is 0 Å². The molecule has 1 saturated heterocycles. The predicted molar refractivity (Wildman–Crippen MR) is 90.3 cm³/mol.